The number of quaternary nitrogens is 1. The minimum Gasteiger partial charge on any atom is -0.543 e. The van der Waals surface area contributed by atoms with Gasteiger partial charge in [-0.15, -0.1) is 23.1 Å². The topological polar surface area (TPSA) is 299 Å². The molecule has 2 amide bonds. The van der Waals surface area contributed by atoms with Crippen molar-refractivity contribution in [3.63, 3.8) is 0 Å². The van der Waals surface area contributed by atoms with E-state index < -0.39 is 93.8 Å². The first-order valence-corrected chi connectivity index (χ1v) is 18.9. The van der Waals surface area contributed by atoms with Gasteiger partial charge in [0.15, 0.2) is 28.1 Å². The number of ketones is 2. The van der Waals surface area contributed by atoms with E-state index >= 15 is 0 Å². The number of rotatable bonds is 16. The summed E-state index contributed by atoms with van der Waals surface area (Å²) in [7, 11) is 0. The molecule has 6 rings (SSSR count). The van der Waals surface area contributed by atoms with Crippen molar-refractivity contribution in [2.45, 2.75) is 37.2 Å². The number of benzene rings is 1. The van der Waals surface area contributed by atoms with E-state index in [4.69, 9.17) is 27.3 Å². The number of aromatic hydroxyl groups is 2. The SMILES string of the molecule is Nc1nc(/C(=N/O[C@@H](CC(=O)O)C(=O)O)C(=O)C[C@@H]2C(=O)N3C(C(=O)[O-])=C(C[N+]45CCC(CNC(=O)C(=O)c6ccc(O)c(O)c6Cl)(CC4)C5)CS[C@H]23)cs1. The van der Waals surface area contributed by atoms with E-state index in [1.54, 1.807) is 0 Å². The summed E-state index contributed by atoms with van der Waals surface area (Å²) in [6.07, 6.45) is -2.03. The van der Waals surface area contributed by atoms with Crippen molar-refractivity contribution >= 4 is 86.8 Å². The Morgan fingerprint density at radius 1 is 1.18 bits per heavy atom. The number of carboxylic acid groups (broad SMARTS) is 3. The lowest BCUT2D eigenvalue weighted by Crippen LogP contribution is -2.63. The minimum atomic E-state index is -1.93. The molecular weight excluding hydrogens is 788 g/mol. The van der Waals surface area contributed by atoms with Crippen LogP contribution in [0.3, 0.4) is 0 Å². The normalized spacial score (nSPS) is 24.9. The smallest absolute Gasteiger partial charge is 0.348 e. The van der Waals surface area contributed by atoms with Gasteiger partial charge in [-0.1, -0.05) is 16.8 Å². The molecule has 0 radical (unpaired) electrons. The van der Waals surface area contributed by atoms with Gasteiger partial charge < -0.3 is 50.7 Å². The zero-order valence-electron chi connectivity index (χ0n) is 28.6. The Kier molecular flexibility index (Phi) is 10.8. The van der Waals surface area contributed by atoms with Gasteiger partial charge in [-0.25, -0.2) is 9.78 Å². The summed E-state index contributed by atoms with van der Waals surface area (Å²) < 4.78 is 0.485. The summed E-state index contributed by atoms with van der Waals surface area (Å²) in [6, 6.07) is 2.18. The van der Waals surface area contributed by atoms with Crippen molar-refractivity contribution in [2.24, 2.45) is 16.5 Å². The third-order valence-corrected chi connectivity index (χ3v) is 12.7. The lowest BCUT2D eigenvalue weighted by molar-refractivity contribution is -0.904. The van der Waals surface area contributed by atoms with Crippen molar-refractivity contribution in [2.75, 3.05) is 44.2 Å². The standard InChI is InChI=1S/C33H33ClN6O13S2/c34-22-15(1-2-18(41)26(22)46)25(45)27(47)36-12-33-3-5-40(13-33,6-4-33)9-14-10-54-29-16(28(48)39(29)24(14)31(51)52)7-19(42)23(17-11-55-32(35)37-17)38-53-20(30(49)50)8-21(43)44/h1-2,11,16,20,29H,3-10,12-13H2,(H7-,35,36,37,38,41,42,43,44,45,46,47,49,50,51,52)/t16-,20+,29-,33?,40?/m1/s1. The molecule has 3 saturated heterocycles. The first-order valence-electron chi connectivity index (χ1n) is 16.6. The maximum atomic E-state index is 13.5. The van der Waals surface area contributed by atoms with Crippen LogP contribution in [-0.2, 0) is 33.6 Å². The van der Waals surface area contributed by atoms with Gasteiger partial charge in [0.25, 0.3) is 11.7 Å². The van der Waals surface area contributed by atoms with Crippen molar-refractivity contribution < 1.29 is 68.4 Å². The van der Waals surface area contributed by atoms with Crippen LogP contribution in [0.4, 0.5) is 5.13 Å². The number of Topliss-reactive ketones (excluding diaryl/α,β-unsaturated/α-hetero) is 2. The number of anilines is 1. The number of thiazole rings is 1. The summed E-state index contributed by atoms with van der Waals surface area (Å²) in [5.41, 5.74) is 4.67. The predicted octanol–water partition coefficient (Wildman–Crippen LogP) is -0.457. The van der Waals surface area contributed by atoms with E-state index in [9.17, 15) is 54.0 Å². The number of nitrogens with zero attached hydrogens (tertiary/aromatic N) is 4. The Morgan fingerprint density at radius 2 is 1.89 bits per heavy atom. The molecule has 2 aromatic rings. The average Bonchev–Trinajstić information content (AvgIpc) is 3.84. The molecule has 292 valence electrons. The Labute approximate surface area is 324 Å². The van der Waals surface area contributed by atoms with Crippen LogP contribution in [0.1, 0.15) is 41.7 Å². The largest absolute Gasteiger partial charge is 0.543 e. The molecule has 1 aromatic carbocycles. The van der Waals surface area contributed by atoms with Gasteiger partial charge >= 0.3 is 11.9 Å². The van der Waals surface area contributed by atoms with Crippen LogP contribution in [0, 0.1) is 11.3 Å². The van der Waals surface area contributed by atoms with Crippen molar-refractivity contribution in [3.05, 3.63) is 45.1 Å². The number of nitrogens with one attached hydrogen (secondary N) is 1. The second kappa shape index (κ2) is 15.1. The van der Waals surface area contributed by atoms with Gasteiger partial charge in [0.1, 0.15) is 12.2 Å². The number of thioether (sulfide) groups is 1. The van der Waals surface area contributed by atoms with Crippen LogP contribution >= 0.6 is 34.7 Å². The molecule has 19 nitrogen and oxygen atoms in total. The van der Waals surface area contributed by atoms with Crippen LogP contribution in [0.15, 0.2) is 33.9 Å². The number of hydrogen-bond acceptors (Lipinski definition) is 16. The van der Waals surface area contributed by atoms with E-state index in [2.05, 4.69) is 15.5 Å². The van der Waals surface area contributed by atoms with Gasteiger partial charge in [-0.05, 0) is 12.1 Å². The molecule has 55 heavy (non-hydrogen) atoms. The maximum Gasteiger partial charge on any atom is 0.348 e. The molecule has 0 saturated carbocycles. The Hall–Kier alpha value is -5.25. The van der Waals surface area contributed by atoms with Crippen LogP contribution in [0.5, 0.6) is 11.5 Å². The van der Waals surface area contributed by atoms with E-state index in [1.807, 2.05) is 0 Å². The van der Waals surface area contributed by atoms with E-state index in [0.717, 1.165) is 28.4 Å². The van der Waals surface area contributed by atoms with E-state index in [1.165, 1.54) is 17.1 Å². The van der Waals surface area contributed by atoms with E-state index in [-0.39, 0.29) is 46.3 Å². The van der Waals surface area contributed by atoms with Crippen LogP contribution in [-0.4, -0.2) is 132 Å². The summed E-state index contributed by atoms with van der Waals surface area (Å²) in [6.45, 7) is 2.29. The Bertz CT molecular complexity index is 2080. The number of halogens is 1. The molecule has 1 aromatic heterocycles. The summed E-state index contributed by atoms with van der Waals surface area (Å²) >= 11 is 8.17. The van der Waals surface area contributed by atoms with Crippen molar-refractivity contribution in [1.82, 2.24) is 15.2 Å². The highest BCUT2D eigenvalue weighted by Gasteiger charge is 2.58. The van der Waals surface area contributed by atoms with Gasteiger partial charge in [0, 0.05) is 47.9 Å². The molecule has 7 N–H and O–H groups in total. The number of fused-ring (bicyclic) bond motifs is 3. The quantitative estimate of drug-likeness (QED) is 0.0238. The highest BCUT2D eigenvalue weighted by Crippen LogP contribution is 2.49. The number of aliphatic carboxylic acids is 3. The zero-order valence-corrected chi connectivity index (χ0v) is 30.9. The Morgan fingerprint density at radius 3 is 2.51 bits per heavy atom. The number of carboxylic acids is 3. The number of aromatic nitrogens is 1. The zero-order chi connectivity index (χ0) is 40.0. The number of nitrogen functional groups attached to an aromatic ring is 1. The van der Waals surface area contributed by atoms with Crippen molar-refractivity contribution in [1.29, 1.82) is 0 Å². The number of phenolic OH excluding ortho intramolecular Hbond substituents is 2. The monoisotopic (exact) mass is 820 g/mol. The highest BCUT2D eigenvalue weighted by atomic mass is 35.5. The van der Waals surface area contributed by atoms with Crippen molar-refractivity contribution in [3.8, 4) is 11.5 Å². The second-order valence-electron chi connectivity index (χ2n) is 13.8. The number of oxime groups is 1. The minimum absolute atomic E-state index is 0.0400. The molecule has 0 aliphatic carbocycles. The number of phenols is 2. The lowest BCUT2D eigenvalue weighted by Gasteiger charge is -2.51. The molecule has 22 heteroatoms. The maximum absolute atomic E-state index is 13.5. The van der Waals surface area contributed by atoms with E-state index in [0.29, 0.717) is 42.5 Å². The van der Waals surface area contributed by atoms with Gasteiger partial charge in [0.2, 0.25) is 12.0 Å². The van der Waals surface area contributed by atoms with Crippen LogP contribution < -0.4 is 16.2 Å². The molecule has 2 bridgehead atoms. The number of nitrogens with two attached hydrogens (primary N) is 1. The fourth-order valence-corrected chi connectivity index (χ4v) is 9.77. The summed E-state index contributed by atoms with van der Waals surface area (Å²) in [4.78, 5) is 97.7. The lowest BCUT2D eigenvalue weighted by atomic mass is 9.84. The Balaban J connectivity index is 1.12. The van der Waals surface area contributed by atoms with Crippen LogP contribution in [0.25, 0.3) is 0 Å². The summed E-state index contributed by atoms with van der Waals surface area (Å²) in [5, 5.41) is 56.8. The molecular formula is C33H33ClN6O13S2. The fourth-order valence-electron chi connectivity index (χ4n) is 7.57. The first-order chi connectivity index (χ1) is 25.9. The van der Waals surface area contributed by atoms with Gasteiger partial charge in [-0.2, -0.15) is 0 Å². The number of hydrogen-bond donors (Lipinski definition) is 6. The number of carbonyl (C=O) groups excluding carboxylic acids is 5. The predicted molar refractivity (Wildman–Crippen MR) is 190 cm³/mol. The average molecular weight is 821 g/mol. The molecule has 5 heterocycles. The molecule has 0 unspecified atom stereocenters. The molecule has 0 spiro atoms. The summed E-state index contributed by atoms with van der Waals surface area (Å²) in [5.74, 6) is -10.1. The molecule has 3 atom stereocenters. The molecule has 4 aliphatic rings. The fraction of sp³-hybridized carbons (Fsp3) is 0.424. The third kappa shape index (κ3) is 7.68. The van der Waals surface area contributed by atoms with Gasteiger partial charge in [-0.3, -0.25) is 28.9 Å². The number of amides is 2. The third-order valence-electron chi connectivity index (χ3n) is 10.3. The molecule has 4 aliphatic heterocycles. The van der Waals surface area contributed by atoms with Crippen LogP contribution in [0.2, 0.25) is 5.02 Å². The highest BCUT2D eigenvalue weighted by molar-refractivity contribution is 8.00. The molecule has 3 fully saturated rings. The first kappa shape index (κ1) is 39.4. The number of carbonyl (C=O) groups is 7. The van der Waals surface area contributed by atoms with Gasteiger partial charge in [0.05, 0.1) is 59.6 Å². The number of piperidine rings is 1. The second-order valence-corrected chi connectivity index (χ2v) is 16.2. The number of β-lactam (4-membered cyclic amide) rings is 1.